The van der Waals surface area contributed by atoms with E-state index in [1.54, 1.807) is 0 Å². The zero-order valence-electron chi connectivity index (χ0n) is 15.1. The molecule has 2 heteroatoms. The molecule has 0 fully saturated rings. The van der Waals surface area contributed by atoms with Crippen LogP contribution in [0, 0.1) is 5.92 Å². The van der Waals surface area contributed by atoms with Crippen molar-refractivity contribution in [1.29, 1.82) is 0 Å². The molecule has 0 aromatic heterocycles. The van der Waals surface area contributed by atoms with Gasteiger partial charge in [0.25, 0.3) is 0 Å². The summed E-state index contributed by atoms with van der Waals surface area (Å²) in [4.78, 5) is 0. The summed E-state index contributed by atoms with van der Waals surface area (Å²) in [6, 6.07) is 0. The fourth-order valence-corrected chi connectivity index (χ4v) is 2.68. The number of hydrogen-bond donors (Lipinski definition) is 1. The van der Waals surface area contributed by atoms with Crippen LogP contribution in [-0.4, -0.2) is 26.8 Å². The van der Waals surface area contributed by atoms with Gasteiger partial charge in [0.15, 0.2) is 0 Å². The smallest absolute Gasteiger partial charge is 0.0491 e. The maximum absolute atomic E-state index is 5.79. The van der Waals surface area contributed by atoms with Gasteiger partial charge < -0.3 is 10.1 Å². The van der Waals surface area contributed by atoms with E-state index in [2.05, 4.69) is 19.2 Å². The number of unbranched alkanes of at least 4 members (excludes halogenated alkanes) is 9. The second-order valence-corrected chi connectivity index (χ2v) is 6.61. The van der Waals surface area contributed by atoms with Gasteiger partial charge in [-0.25, -0.2) is 0 Å². The fourth-order valence-electron chi connectivity index (χ4n) is 2.68. The lowest BCUT2D eigenvalue weighted by atomic mass is 10.0. The number of hydrogen-bond acceptors (Lipinski definition) is 2. The minimum absolute atomic E-state index is 0.745. The molecule has 0 aliphatic rings. The van der Waals surface area contributed by atoms with Crippen molar-refractivity contribution in [3.05, 3.63) is 0 Å². The van der Waals surface area contributed by atoms with Crippen molar-refractivity contribution < 1.29 is 4.74 Å². The third kappa shape index (κ3) is 17.9. The molecular formula is C19H41NO. The van der Waals surface area contributed by atoms with E-state index in [1.807, 2.05) is 7.05 Å². The van der Waals surface area contributed by atoms with Crippen molar-refractivity contribution in [2.45, 2.75) is 90.9 Å². The average molecular weight is 300 g/mol. The van der Waals surface area contributed by atoms with E-state index in [1.165, 1.54) is 83.6 Å². The molecule has 1 unspecified atom stereocenters. The van der Waals surface area contributed by atoms with Crippen LogP contribution in [0.15, 0.2) is 0 Å². The SMILES string of the molecule is CCCCCC(C)COCCCCCCCCCCNC. The van der Waals surface area contributed by atoms with Crippen molar-refractivity contribution in [3.8, 4) is 0 Å². The van der Waals surface area contributed by atoms with Gasteiger partial charge in [-0.2, -0.15) is 0 Å². The van der Waals surface area contributed by atoms with Crippen LogP contribution >= 0.6 is 0 Å². The topological polar surface area (TPSA) is 21.3 Å². The molecule has 128 valence electrons. The molecule has 0 amide bonds. The molecule has 0 saturated carbocycles. The van der Waals surface area contributed by atoms with Crippen LogP contribution in [0.2, 0.25) is 0 Å². The Morgan fingerprint density at radius 2 is 1.43 bits per heavy atom. The van der Waals surface area contributed by atoms with Crippen LogP contribution in [0.1, 0.15) is 90.9 Å². The Morgan fingerprint density at radius 1 is 0.810 bits per heavy atom. The first-order valence-electron chi connectivity index (χ1n) is 9.53. The van der Waals surface area contributed by atoms with Gasteiger partial charge in [-0.05, 0) is 38.8 Å². The highest BCUT2D eigenvalue weighted by Crippen LogP contribution is 2.11. The summed E-state index contributed by atoms with van der Waals surface area (Å²) in [7, 11) is 2.04. The van der Waals surface area contributed by atoms with Crippen molar-refractivity contribution in [3.63, 3.8) is 0 Å². The van der Waals surface area contributed by atoms with Crippen LogP contribution in [0.3, 0.4) is 0 Å². The van der Waals surface area contributed by atoms with Crippen LogP contribution in [0.4, 0.5) is 0 Å². The molecule has 0 aromatic carbocycles. The molecule has 0 aliphatic heterocycles. The molecule has 0 bridgehead atoms. The minimum Gasteiger partial charge on any atom is -0.381 e. The molecule has 21 heavy (non-hydrogen) atoms. The summed E-state index contributed by atoms with van der Waals surface area (Å²) in [5.74, 6) is 0.745. The fraction of sp³-hybridized carbons (Fsp3) is 1.00. The summed E-state index contributed by atoms with van der Waals surface area (Å²) >= 11 is 0. The van der Waals surface area contributed by atoms with Crippen LogP contribution in [0.5, 0.6) is 0 Å². The van der Waals surface area contributed by atoms with Gasteiger partial charge in [0.2, 0.25) is 0 Å². The largest absolute Gasteiger partial charge is 0.381 e. The highest BCUT2D eigenvalue weighted by Gasteiger charge is 2.01. The monoisotopic (exact) mass is 299 g/mol. The van der Waals surface area contributed by atoms with E-state index >= 15 is 0 Å². The summed E-state index contributed by atoms with van der Waals surface area (Å²) in [5.41, 5.74) is 0. The third-order valence-electron chi connectivity index (χ3n) is 4.17. The highest BCUT2D eigenvalue weighted by atomic mass is 16.5. The van der Waals surface area contributed by atoms with E-state index in [0.717, 1.165) is 19.1 Å². The lowest BCUT2D eigenvalue weighted by Crippen LogP contribution is -2.07. The minimum atomic E-state index is 0.745. The number of ether oxygens (including phenoxy) is 1. The molecule has 0 heterocycles. The molecule has 0 spiro atoms. The predicted molar refractivity (Wildman–Crippen MR) is 95.0 cm³/mol. The molecule has 0 rings (SSSR count). The van der Waals surface area contributed by atoms with Crippen molar-refractivity contribution in [1.82, 2.24) is 5.32 Å². The summed E-state index contributed by atoms with van der Waals surface area (Å²) in [6.45, 7) is 7.71. The zero-order valence-corrected chi connectivity index (χ0v) is 15.1. The molecule has 0 saturated heterocycles. The van der Waals surface area contributed by atoms with Gasteiger partial charge >= 0.3 is 0 Å². The van der Waals surface area contributed by atoms with E-state index in [-0.39, 0.29) is 0 Å². The second-order valence-electron chi connectivity index (χ2n) is 6.61. The Bertz CT molecular complexity index is 184. The Balaban J connectivity index is 3.05. The van der Waals surface area contributed by atoms with Crippen molar-refractivity contribution in [2.24, 2.45) is 5.92 Å². The summed E-state index contributed by atoms with van der Waals surface area (Å²) < 4.78 is 5.79. The molecule has 1 atom stereocenters. The van der Waals surface area contributed by atoms with Gasteiger partial charge in [-0.1, -0.05) is 71.6 Å². The standard InChI is InChI=1S/C19H41NO/c1-4-5-12-15-19(2)18-21-17-14-11-9-7-6-8-10-13-16-20-3/h19-20H,4-18H2,1-3H3. The molecule has 0 radical (unpaired) electrons. The first kappa shape index (κ1) is 20.9. The predicted octanol–water partition coefficient (Wildman–Crippen LogP) is 5.56. The molecule has 2 nitrogen and oxygen atoms in total. The van der Waals surface area contributed by atoms with Gasteiger partial charge in [0.05, 0.1) is 0 Å². The zero-order chi connectivity index (χ0) is 15.6. The van der Waals surface area contributed by atoms with Crippen LogP contribution < -0.4 is 5.32 Å². The highest BCUT2D eigenvalue weighted by molar-refractivity contribution is 4.52. The van der Waals surface area contributed by atoms with E-state index in [4.69, 9.17) is 4.74 Å². The van der Waals surface area contributed by atoms with Crippen molar-refractivity contribution >= 4 is 0 Å². The molecule has 1 N–H and O–H groups in total. The van der Waals surface area contributed by atoms with Gasteiger partial charge in [-0.3, -0.25) is 0 Å². The van der Waals surface area contributed by atoms with E-state index in [0.29, 0.717) is 0 Å². The summed E-state index contributed by atoms with van der Waals surface area (Å²) in [6.07, 6.45) is 16.4. The lowest BCUT2D eigenvalue weighted by Gasteiger charge is -2.11. The summed E-state index contributed by atoms with van der Waals surface area (Å²) in [5, 5.41) is 3.21. The molecular weight excluding hydrogens is 258 g/mol. The van der Waals surface area contributed by atoms with Gasteiger partial charge in [0, 0.05) is 13.2 Å². The number of nitrogens with one attached hydrogen (secondary N) is 1. The van der Waals surface area contributed by atoms with Crippen molar-refractivity contribution in [2.75, 3.05) is 26.8 Å². The Labute approximate surface area is 134 Å². The number of rotatable bonds is 17. The Kier molecular flexibility index (Phi) is 17.9. The second kappa shape index (κ2) is 18.0. The van der Waals surface area contributed by atoms with E-state index < -0.39 is 0 Å². The van der Waals surface area contributed by atoms with Crippen LogP contribution in [0.25, 0.3) is 0 Å². The Morgan fingerprint density at radius 3 is 2.05 bits per heavy atom. The lowest BCUT2D eigenvalue weighted by molar-refractivity contribution is 0.0976. The maximum Gasteiger partial charge on any atom is 0.0491 e. The first-order valence-corrected chi connectivity index (χ1v) is 9.53. The third-order valence-corrected chi connectivity index (χ3v) is 4.17. The molecule has 0 aliphatic carbocycles. The van der Waals surface area contributed by atoms with Crippen LogP contribution in [-0.2, 0) is 4.74 Å². The Hall–Kier alpha value is -0.0800. The molecule has 0 aromatic rings. The maximum atomic E-state index is 5.79. The normalized spacial score (nSPS) is 12.7. The van der Waals surface area contributed by atoms with E-state index in [9.17, 15) is 0 Å². The quantitative estimate of drug-likeness (QED) is 0.355. The van der Waals surface area contributed by atoms with Gasteiger partial charge in [0.1, 0.15) is 0 Å². The van der Waals surface area contributed by atoms with Gasteiger partial charge in [-0.15, -0.1) is 0 Å². The first-order chi connectivity index (χ1) is 10.3. The average Bonchev–Trinajstić information content (AvgIpc) is 2.48.